The summed E-state index contributed by atoms with van der Waals surface area (Å²) in [5.41, 5.74) is 0.722. The van der Waals surface area contributed by atoms with Crippen molar-refractivity contribution in [3.8, 4) is 11.6 Å². The van der Waals surface area contributed by atoms with Gasteiger partial charge in [0.05, 0.1) is 5.56 Å². The Kier molecular flexibility index (Phi) is 5.90. The summed E-state index contributed by atoms with van der Waals surface area (Å²) in [4.78, 5) is 28.1. The number of anilines is 1. The Morgan fingerprint density at radius 3 is 2.07 bits per heavy atom. The molecule has 8 heteroatoms. The van der Waals surface area contributed by atoms with Gasteiger partial charge in [0.1, 0.15) is 5.75 Å². The van der Waals surface area contributed by atoms with Crippen molar-refractivity contribution in [3.63, 3.8) is 0 Å². The maximum atomic E-state index is 12.1. The third-order valence-corrected chi connectivity index (χ3v) is 3.87. The molecule has 1 heterocycles. The summed E-state index contributed by atoms with van der Waals surface area (Å²) in [6.07, 6.45) is 1.32. The van der Waals surface area contributed by atoms with Crippen molar-refractivity contribution < 1.29 is 14.3 Å². The molecular formula is C19H13Cl2N3O3. The number of hydrogen-bond acceptors (Lipinski definition) is 4. The molecule has 0 bridgehead atoms. The van der Waals surface area contributed by atoms with Gasteiger partial charge in [-0.2, -0.15) is 0 Å². The van der Waals surface area contributed by atoms with Gasteiger partial charge in [-0.25, -0.2) is 9.78 Å². The van der Waals surface area contributed by atoms with E-state index in [1.807, 2.05) is 0 Å². The van der Waals surface area contributed by atoms with Crippen LogP contribution in [0.3, 0.4) is 0 Å². The van der Waals surface area contributed by atoms with Crippen molar-refractivity contribution in [3.05, 3.63) is 82.5 Å². The summed E-state index contributed by atoms with van der Waals surface area (Å²) in [6, 6.07) is 15.7. The predicted molar refractivity (Wildman–Crippen MR) is 104 cm³/mol. The van der Waals surface area contributed by atoms with Gasteiger partial charge in [0.25, 0.3) is 5.91 Å². The number of hydrogen-bond donors (Lipinski definition) is 2. The summed E-state index contributed by atoms with van der Waals surface area (Å²) in [5, 5.41) is 5.89. The van der Waals surface area contributed by atoms with Gasteiger partial charge >= 0.3 is 6.03 Å². The minimum Gasteiger partial charge on any atom is -0.439 e. The number of pyridine rings is 1. The molecule has 3 amide bonds. The van der Waals surface area contributed by atoms with E-state index in [0.29, 0.717) is 27.4 Å². The zero-order valence-corrected chi connectivity index (χ0v) is 15.3. The molecule has 0 spiro atoms. The largest absolute Gasteiger partial charge is 0.439 e. The summed E-state index contributed by atoms with van der Waals surface area (Å²) in [5.74, 6) is 0.276. The van der Waals surface area contributed by atoms with Crippen LogP contribution in [-0.2, 0) is 0 Å². The maximum Gasteiger partial charge on any atom is 0.326 e. The highest BCUT2D eigenvalue weighted by Crippen LogP contribution is 2.21. The first kappa shape index (κ1) is 18.7. The Hall–Kier alpha value is -3.09. The Labute approximate surface area is 165 Å². The molecule has 0 radical (unpaired) electrons. The molecule has 2 N–H and O–H groups in total. The first-order valence-corrected chi connectivity index (χ1v) is 8.52. The number of carbonyl (C=O) groups excluding carboxylic acids is 2. The number of amides is 3. The fourth-order valence-corrected chi connectivity index (χ4v) is 2.32. The topological polar surface area (TPSA) is 80.3 Å². The zero-order chi connectivity index (χ0) is 19.2. The molecule has 136 valence electrons. The van der Waals surface area contributed by atoms with E-state index >= 15 is 0 Å². The van der Waals surface area contributed by atoms with E-state index in [9.17, 15) is 9.59 Å². The number of nitrogens with zero attached hydrogens (tertiary/aromatic N) is 1. The van der Waals surface area contributed by atoms with Crippen molar-refractivity contribution in [2.75, 3.05) is 5.32 Å². The van der Waals surface area contributed by atoms with Crippen LogP contribution >= 0.6 is 23.2 Å². The molecule has 0 atom stereocenters. The van der Waals surface area contributed by atoms with Crippen LogP contribution in [0.2, 0.25) is 10.0 Å². The van der Waals surface area contributed by atoms with Crippen molar-refractivity contribution >= 4 is 40.8 Å². The number of imide groups is 1. The average molecular weight is 402 g/mol. The Balaban J connectivity index is 1.57. The van der Waals surface area contributed by atoms with Gasteiger partial charge in [0, 0.05) is 28.0 Å². The molecule has 6 nitrogen and oxygen atoms in total. The van der Waals surface area contributed by atoms with Crippen LogP contribution in [0.4, 0.5) is 10.5 Å². The fraction of sp³-hybridized carbons (Fsp3) is 0. The first-order valence-electron chi connectivity index (χ1n) is 7.77. The van der Waals surface area contributed by atoms with Crippen LogP contribution in [0.15, 0.2) is 66.9 Å². The highest BCUT2D eigenvalue weighted by Gasteiger charge is 2.11. The number of rotatable bonds is 4. The lowest BCUT2D eigenvalue weighted by atomic mass is 10.2. The van der Waals surface area contributed by atoms with Crippen molar-refractivity contribution in [1.82, 2.24) is 10.3 Å². The molecular weight excluding hydrogens is 389 g/mol. The maximum absolute atomic E-state index is 12.1. The molecule has 27 heavy (non-hydrogen) atoms. The highest BCUT2D eigenvalue weighted by atomic mass is 35.5. The van der Waals surface area contributed by atoms with E-state index in [4.69, 9.17) is 27.9 Å². The van der Waals surface area contributed by atoms with E-state index < -0.39 is 11.9 Å². The minimum absolute atomic E-state index is 0.213. The number of carbonyl (C=O) groups is 2. The van der Waals surface area contributed by atoms with Crippen LogP contribution < -0.4 is 15.4 Å². The lowest BCUT2D eigenvalue weighted by Gasteiger charge is -2.08. The van der Waals surface area contributed by atoms with Gasteiger partial charge in [-0.05, 0) is 54.6 Å². The molecule has 3 rings (SSSR count). The third kappa shape index (κ3) is 5.44. The number of nitrogens with one attached hydrogen (secondary N) is 2. The summed E-state index contributed by atoms with van der Waals surface area (Å²) in [6.45, 7) is 0. The van der Waals surface area contributed by atoms with Crippen molar-refractivity contribution in [1.29, 1.82) is 0 Å². The van der Waals surface area contributed by atoms with Crippen LogP contribution in [-0.4, -0.2) is 16.9 Å². The van der Waals surface area contributed by atoms with E-state index in [0.717, 1.165) is 0 Å². The lowest BCUT2D eigenvalue weighted by molar-refractivity contribution is 0.0966. The normalized spacial score (nSPS) is 10.1. The number of halogens is 2. The van der Waals surface area contributed by atoms with Gasteiger partial charge in [0.2, 0.25) is 5.88 Å². The monoisotopic (exact) mass is 401 g/mol. The van der Waals surface area contributed by atoms with E-state index in [-0.39, 0.29) is 5.56 Å². The van der Waals surface area contributed by atoms with E-state index in [1.165, 1.54) is 18.3 Å². The van der Waals surface area contributed by atoms with Gasteiger partial charge < -0.3 is 10.1 Å². The molecule has 0 saturated carbocycles. The molecule has 1 aromatic heterocycles. The molecule has 3 aromatic rings. The van der Waals surface area contributed by atoms with Crippen molar-refractivity contribution in [2.24, 2.45) is 0 Å². The minimum atomic E-state index is -0.663. The van der Waals surface area contributed by atoms with E-state index in [2.05, 4.69) is 15.6 Å². The second-order valence-electron chi connectivity index (χ2n) is 5.36. The zero-order valence-electron chi connectivity index (χ0n) is 13.8. The summed E-state index contributed by atoms with van der Waals surface area (Å²) in [7, 11) is 0. The first-order chi connectivity index (χ1) is 13.0. The Morgan fingerprint density at radius 2 is 1.48 bits per heavy atom. The predicted octanol–water partition coefficient (Wildman–Crippen LogP) is 5.14. The molecule has 0 fully saturated rings. The number of benzene rings is 2. The smallest absolute Gasteiger partial charge is 0.326 e. The third-order valence-electron chi connectivity index (χ3n) is 3.36. The van der Waals surface area contributed by atoms with Gasteiger partial charge in [-0.15, -0.1) is 0 Å². The van der Waals surface area contributed by atoms with Gasteiger partial charge in [-0.3, -0.25) is 10.1 Å². The number of aromatic nitrogens is 1. The van der Waals surface area contributed by atoms with Gasteiger partial charge in [-0.1, -0.05) is 23.2 Å². The standard InChI is InChI=1S/C19H13Cl2N3O3/c20-13-2-6-15(7-3-13)23-19(26)24-18(25)12-1-10-17(22-11-12)27-16-8-4-14(21)5-9-16/h1-11H,(H2,23,24,25,26). The quantitative estimate of drug-likeness (QED) is 0.633. The molecule has 0 aliphatic carbocycles. The van der Waals surface area contributed by atoms with Crippen LogP contribution in [0.5, 0.6) is 11.6 Å². The molecule has 2 aromatic carbocycles. The summed E-state index contributed by atoms with van der Waals surface area (Å²) < 4.78 is 5.55. The molecule has 0 unspecified atom stereocenters. The SMILES string of the molecule is O=C(NC(=O)c1ccc(Oc2ccc(Cl)cc2)nc1)Nc1ccc(Cl)cc1. The second kappa shape index (κ2) is 8.53. The average Bonchev–Trinajstić information content (AvgIpc) is 2.66. The van der Waals surface area contributed by atoms with Crippen LogP contribution in [0.1, 0.15) is 10.4 Å². The fourth-order valence-electron chi connectivity index (χ4n) is 2.07. The molecule has 0 aliphatic heterocycles. The Bertz CT molecular complexity index is 943. The van der Waals surface area contributed by atoms with Gasteiger partial charge in [0.15, 0.2) is 0 Å². The lowest BCUT2D eigenvalue weighted by Crippen LogP contribution is -2.34. The van der Waals surface area contributed by atoms with Crippen LogP contribution in [0, 0.1) is 0 Å². The molecule has 0 aliphatic rings. The number of ether oxygens (including phenoxy) is 1. The van der Waals surface area contributed by atoms with E-state index in [1.54, 1.807) is 48.5 Å². The highest BCUT2D eigenvalue weighted by molar-refractivity contribution is 6.30. The summed E-state index contributed by atoms with van der Waals surface area (Å²) >= 11 is 11.6. The van der Waals surface area contributed by atoms with Crippen molar-refractivity contribution in [2.45, 2.75) is 0 Å². The molecule has 0 saturated heterocycles. The van der Waals surface area contributed by atoms with Crippen LogP contribution in [0.25, 0.3) is 0 Å². The second-order valence-corrected chi connectivity index (χ2v) is 6.23. The Morgan fingerprint density at radius 1 is 0.852 bits per heavy atom. The number of urea groups is 1.